The highest BCUT2D eigenvalue weighted by atomic mass is 19.4. The van der Waals surface area contributed by atoms with E-state index in [0.29, 0.717) is 16.6 Å². The molecule has 2 N–H and O–H groups in total. The molecule has 1 aromatic heterocycles. The van der Waals surface area contributed by atoms with E-state index in [1.54, 1.807) is 47.3 Å². The van der Waals surface area contributed by atoms with Gasteiger partial charge in [-0.3, -0.25) is 9.48 Å². The van der Waals surface area contributed by atoms with Crippen LogP contribution in [0.15, 0.2) is 72.9 Å². The summed E-state index contributed by atoms with van der Waals surface area (Å²) >= 11 is 0. The van der Waals surface area contributed by atoms with Gasteiger partial charge >= 0.3 is 6.18 Å². The Balaban J connectivity index is 1.71. The molecule has 1 atom stereocenters. The summed E-state index contributed by atoms with van der Waals surface area (Å²) in [4.78, 5) is 11.4. The fourth-order valence-corrected chi connectivity index (χ4v) is 3.93. The lowest BCUT2D eigenvalue weighted by atomic mass is 9.94. The minimum atomic E-state index is -4.39. The molecule has 0 radical (unpaired) electrons. The maximum absolute atomic E-state index is 14.7. The van der Waals surface area contributed by atoms with E-state index in [0.717, 1.165) is 28.6 Å². The lowest BCUT2D eigenvalue weighted by molar-refractivity contribution is -0.137. The quantitative estimate of drug-likeness (QED) is 0.326. The average molecular weight is 469 g/mol. The van der Waals surface area contributed by atoms with Gasteiger partial charge in [0, 0.05) is 23.6 Å². The van der Waals surface area contributed by atoms with Crippen LogP contribution in [0.2, 0.25) is 0 Å². The molecule has 1 heterocycles. The predicted molar refractivity (Wildman–Crippen MR) is 123 cm³/mol. The SMILES string of the molecule is CC(C)(F)CC(c1ccc(C(N)=O)cc1)n1cc2cc(-c3ccc(C(F)(F)F)cc3)ccc2n1. The van der Waals surface area contributed by atoms with E-state index in [4.69, 9.17) is 5.73 Å². The van der Waals surface area contributed by atoms with Crippen LogP contribution in [0.1, 0.15) is 47.8 Å². The van der Waals surface area contributed by atoms with Crippen molar-refractivity contribution in [3.05, 3.63) is 89.6 Å². The summed E-state index contributed by atoms with van der Waals surface area (Å²) < 4.78 is 55.0. The van der Waals surface area contributed by atoms with Gasteiger partial charge in [0.15, 0.2) is 0 Å². The molecule has 34 heavy (non-hydrogen) atoms. The fraction of sp³-hybridized carbons (Fsp3) is 0.231. The molecule has 0 aliphatic heterocycles. The molecule has 4 aromatic rings. The number of carbonyl (C=O) groups excluding carboxylic acids is 1. The van der Waals surface area contributed by atoms with Gasteiger partial charge in [0.1, 0.15) is 5.67 Å². The summed E-state index contributed by atoms with van der Waals surface area (Å²) in [6, 6.07) is 16.6. The maximum Gasteiger partial charge on any atom is 0.416 e. The van der Waals surface area contributed by atoms with E-state index >= 15 is 0 Å². The molecule has 4 nitrogen and oxygen atoms in total. The second-order valence-electron chi connectivity index (χ2n) is 8.88. The number of aromatic nitrogens is 2. The van der Waals surface area contributed by atoms with E-state index < -0.39 is 29.4 Å². The summed E-state index contributed by atoms with van der Waals surface area (Å²) in [5.41, 5.74) is 6.32. The van der Waals surface area contributed by atoms with Crippen LogP contribution in [-0.4, -0.2) is 21.4 Å². The van der Waals surface area contributed by atoms with Gasteiger partial charge in [0.2, 0.25) is 5.91 Å². The number of nitrogens with zero attached hydrogens (tertiary/aromatic N) is 2. The molecule has 1 amide bonds. The Morgan fingerprint density at radius 2 is 1.56 bits per heavy atom. The zero-order valence-electron chi connectivity index (χ0n) is 18.6. The van der Waals surface area contributed by atoms with E-state index in [1.807, 2.05) is 6.07 Å². The van der Waals surface area contributed by atoms with Crippen LogP contribution in [0.4, 0.5) is 17.6 Å². The number of nitrogens with two attached hydrogens (primary N) is 1. The average Bonchev–Trinajstić information content (AvgIpc) is 3.19. The highest BCUT2D eigenvalue weighted by Gasteiger charge is 2.30. The van der Waals surface area contributed by atoms with Gasteiger partial charge < -0.3 is 5.73 Å². The molecule has 0 saturated heterocycles. The second kappa shape index (κ2) is 8.59. The predicted octanol–water partition coefficient (Wildman–Crippen LogP) is 6.55. The number of hydrogen-bond acceptors (Lipinski definition) is 2. The van der Waals surface area contributed by atoms with Crippen LogP contribution in [-0.2, 0) is 6.18 Å². The minimum Gasteiger partial charge on any atom is -0.366 e. The summed E-state index contributed by atoms with van der Waals surface area (Å²) in [6.07, 6.45) is -2.46. The third-order valence-corrected chi connectivity index (χ3v) is 5.65. The van der Waals surface area contributed by atoms with Crippen molar-refractivity contribution in [3.63, 3.8) is 0 Å². The van der Waals surface area contributed by atoms with Crippen molar-refractivity contribution >= 4 is 16.8 Å². The van der Waals surface area contributed by atoms with Crippen LogP contribution in [0.3, 0.4) is 0 Å². The molecule has 0 bridgehead atoms. The second-order valence-corrected chi connectivity index (χ2v) is 8.88. The largest absolute Gasteiger partial charge is 0.416 e. The lowest BCUT2D eigenvalue weighted by Crippen LogP contribution is -2.22. The van der Waals surface area contributed by atoms with Crippen molar-refractivity contribution in [2.45, 2.75) is 38.2 Å². The number of primary amides is 1. The molecule has 0 spiro atoms. The Hall–Kier alpha value is -3.68. The van der Waals surface area contributed by atoms with Crippen LogP contribution >= 0.6 is 0 Å². The highest BCUT2D eigenvalue weighted by molar-refractivity contribution is 5.92. The number of halogens is 4. The maximum atomic E-state index is 14.7. The molecular formula is C26H23F4N3O. The van der Waals surface area contributed by atoms with Crippen molar-refractivity contribution in [2.75, 3.05) is 0 Å². The summed E-state index contributed by atoms with van der Waals surface area (Å²) in [5.74, 6) is -0.547. The summed E-state index contributed by atoms with van der Waals surface area (Å²) in [5, 5.41) is 5.39. The van der Waals surface area contributed by atoms with Crippen molar-refractivity contribution in [1.82, 2.24) is 9.78 Å². The van der Waals surface area contributed by atoms with Crippen LogP contribution < -0.4 is 5.73 Å². The Kier molecular flexibility index (Phi) is 5.93. The molecule has 0 aliphatic carbocycles. The van der Waals surface area contributed by atoms with Crippen molar-refractivity contribution in [2.24, 2.45) is 5.73 Å². The minimum absolute atomic E-state index is 0.142. The van der Waals surface area contributed by atoms with Crippen molar-refractivity contribution < 1.29 is 22.4 Å². The Morgan fingerprint density at radius 1 is 0.941 bits per heavy atom. The standard InChI is InChI=1S/C26H23F4N3O/c1-25(2,27)14-23(17-3-5-18(6-4-17)24(31)34)33-15-20-13-19(9-12-22(20)32-33)16-7-10-21(11-8-16)26(28,29)30/h3-13,15,23H,14H2,1-2H3,(H2,31,34). The normalized spacial score (nSPS) is 13.2. The number of carbonyl (C=O) groups is 1. The Morgan fingerprint density at radius 3 is 2.12 bits per heavy atom. The van der Waals surface area contributed by atoms with E-state index in [-0.39, 0.29) is 6.42 Å². The summed E-state index contributed by atoms with van der Waals surface area (Å²) in [6.45, 7) is 2.98. The number of benzene rings is 3. The first-order valence-corrected chi connectivity index (χ1v) is 10.7. The Labute approximate surface area is 194 Å². The molecular weight excluding hydrogens is 446 g/mol. The van der Waals surface area contributed by atoms with Crippen molar-refractivity contribution in [1.29, 1.82) is 0 Å². The van der Waals surface area contributed by atoms with Gasteiger partial charge in [-0.25, -0.2) is 4.39 Å². The lowest BCUT2D eigenvalue weighted by Gasteiger charge is -2.24. The zero-order valence-corrected chi connectivity index (χ0v) is 18.6. The van der Waals surface area contributed by atoms with Gasteiger partial charge in [-0.15, -0.1) is 0 Å². The molecule has 176 valence electrons. The van der Waals surface area contributed by atoms with Crippen molar-refractivity contribution in [3.8, 4) is 11.1 Å². The number of alkyl halides is 4. The third-order valence-electron chi connectivity index (χ3n) is 5.65. The monoisotopic (exact) mass is 469 g/mol. The number of fused-ring (bicyclic) bond motifs is 1. The van der Waals surface area contributed by atoms with Gasteiger partial charge in [0.05, 0.1) is 17.1 Å². The number of amides is 1. The van der Waals surface area contributed by atoms with Crippen LogP contribution in [0, 0.1) is 0 Å². The smallest absolute Gasteiger partial charge is 0.366 e. The van der Waals surface area contributed by atoms with Gasteiger partial charge in [-0.2, -0.15) is 18.3 Å². The number of hydrogen-bond donors (Lipinski definition) is 1. The first-order valence-electron chi connectivity index (χ1n) is 10.7. The van der Waals surface area contributed by atoms with Gasteiger partial charge in [-0.1, -0.05) is 30.3 Å². The first-order chi connectivity index (χ1) is 15.9. The molecule has 4 rings (SSSR count). The summed E-state index contributed by atoms with van der Waals surface area (Å²) in [7, 11) is 0. The molecule has 0 saturated carbocycles. The Bertz CT molecular complexity index is 1320. The van der Waals surface area contributed by atoms with Gasteiger partial charge in [0.25, 0.3) is 0 Å². The third kappa shape index (κ3) is 5.11. The van der Waals surface area contributed by atoms with Crippen LogP contribution in [0.5, 0.6) is 0 Å². The van der Waals surface area contributed by atoms with Crippen LogP contribution in [0.25, 0.3) is 22.0 Å². The zero-order chi connectivity index (χ0) is 24.7. The molecule has 1 unspecified atom stereocenters. The molecule has 3 aromatic carbocycles. The van der Waals surface area contributed by atoms with E-state index in [1.165, 1.54) is 26.0 Å². The topological polar surface area (TPSA) is 60.9 Å². The number of rotatable bonds is 6. The van der Waals surface area contributed by atoms with E-state index in [2.05, 4.69) is 5.10 Å². The van der Waals surface area contributed by atoms with E-state index in [9.17, 15) is 22.4 Å². The molecule has 0 fully saturated rings. The molecule has 0 aliphatic rings. The fourth-order valence-electron chi connectivity index (χ4n) is 3.93. The first kappa shape index (κ1) is 23.5. The van der Waals surface area contributed by atoms with Gasteiger partial charge in [-0.05, 0) is 66.9 Å². The molecule has 8 heteroatoms. The highest BCUT2D eigenvalue weighted by Crippen LogP contribution is 2.34.